The molecule has 0 bridgehead atoms. The average Bonchev–Trinajstić information content (AvgIpc) is 2.51. The van der Waals surface area contributed by atoms with Gasteiger partial charge in [0.1, 0.15) is 0 Å². The molecular weight excluding hydrogens is 148 g/mol. The predicted molar refractivity (Wildman–Crippen MR) is 52.2 cm³/mol. The van der Waals surface area contributed by atoms with Crippen LogP contribution in [0.5, 0.6) is 0 Å². The second-order valence-corrected chi connectivity index (χ2v) is 4.43. The first-order valence-corrected chi connectivity index (χ1v) is 5.31. The quantitative estimate of drug-likeness (QED) is 0.629. The van der Waals surface area contributed by atoms with Crippen molar-refractivity contribution in [2.24, 2.45) is 11.8 Å². The lowest BCUT2D eigenvalue weighted by Crippen LogP contribution is -2.19. The van der Waals surface area contributed by atoms with Gasteiger partial charge in [-0.05, 0) is 31.6 Å². The Hall–Kier alpha value is -0.0400. The summed E-state index contributed by atoms with van der Waals surface area (Å²) in [5.74, 6) is 1.53. The molecule has 0 radical (unpaired) electrons. The van der Waals surface area contributed by atoms with E-state index in [-0.39, 0.29) is 0 Å². The van der Waals surface area contributed by atoms with E-state index in [1.807, 2.05) is 0 Å². The van der Waals surface area contributed by atoms with Gasteiger partial charge in [0.05, 0.1) is 6.10 Å². The zero-order valence-corrected chi connectivity index (χ0v) is 8.68. The van der Waals surface area contributed by atoms with Gasteiger partial charge in [0.25, 0.3) is 0 Å². The molecule has 1 rings (SSSR count). The van der Waals surface area contributed by atoms with E-state index in [2.05, 4.69) is 20.8 Å². The van der Waals surface area contributed by atoms with Crippen molar-refractivity contribution >= 4 is 0 Å². The van der Waals surface area contributed by atoms with Crippen LogP contribution in [-0.4, -0.2) is 12.7 Å². The van der Waals surface area contributed by atoms with Crippen molar-refractivity contribution in [2.75, 3.05) is 6.61 Å². The normalized spacial score (nSPS) is 22.0. The Morgan fingerprint density at radius 2 is 1.75 bits per heavy atom. The van der Waals surface area contributed by atoms with Crippen molar-refractivity contribution in [3.05, 3.63) is 0 Å². The first-order valence-electron chi connectivity index (χ1n) is 5.31. The van der Waals surface area contributed by atoms with Crippen molar-refractivity contribution in [2.45, 2.75) is 52.6 Å². The van der Waals surface area contributed by atoms with Crippen LogP contribution in [0.2, 0.25) is 0 Å². The standard InChI is InChI=1S/C11H22O/c1-9(2)10(3)12-8-11-6-4-5-7-11/h9-11H,4-8H2,1-3H3/t10-/m1/s1. The van der Waals surface area contributed by atoms with Gasteiger partial charge in [-0.25, -0.2) is 0 Å². The lowest BCUT2D eigenvalue weighted by Gasteiger charge is -2.19. The van der Waals surface area contributed by atoms with Crippen molar-refractivity contribution in [1.82, 2.24) is 0 Å². The fourth-order valence-corrected chi connectivity index (χ4v) is 1.66. The Kier molecular flexibility index (Phi) is 4.07. The fourth-order valence-electron chi connectivity index (χ4n) is 1.66. The van der Waals surface area contributed by atoms with Gasteiger partial charge in [0.15, 0.2) is 0 Å². The van der Waals surface area contributed by atoms with Crippen LogP contribution < -0.4 is 0 Å². The minimum atomic E-state index is 0.436. The van der Waals surface area contributed by atoms with E-state index >= 15 is 0 Å². The molecule has 1 heteroatoms. The maximum absolute atomic E-state index is 5.79. The summed E-state index contributed by atoms with van der Waals surface area (Å²) in [5, 5.41) is 0. The van der Waals surface area contributed by atoms with Gasteiger partial charge >= 0.3 is 0 Å². The molecule has 12 heavy (non-hydrogen) atoms. The van der Waals surface area contributed by atoms with E-state index in [4.69, 9.17) is 4.74 Å². The number of hydrogen-bond acceptors (Lipinski definition) is 1. The van der Waals surface area contributed by atoms with Crippen LogP contribution in [-0.2, 0) is 4.74 Å². The molecule has 1 atom stereocenters. The summed E-state index contributed by atoms with van der Waals surface area (Å²) in [6.45, 7) is 7.62. The Bertz CT molecular complexity index is 112. The molecule has 0 saturated heterocycles. The van der Waals surface area contributed by atoms with Crippen LogP contribution in [0, 0.1) is 11.8 Å². The molecule has 0 aromatic rings. The van der Waals surface area contributed by atoms with Gasteiger partial charge in [0.2, 0.25) is 0 Å². The van der Waals surface area contributed by atoms with E-state index in [9.17, 15) is 0 Å². The topological polar surface area (TPSA) is 9.23 Å². The molecular formula is C11H22O. The van der Waals surface area contributed by atoms with E-state index in [0.717, 1.165) is 12.5 Å². The zero-order chi connectivity index (χ0) is 8.97. The molecule has 1 aliphatic carbocycles. The largest absolute Gasteiger partial charge is 0.378 e. The molecule has 0 unspecified atom stereocenters. The molecule has 0 spiro atoms. The Morgan fingerprint density at radius 1 is 1.17 bits per heavy atom. The summed E-state index contributed by atoms with van der Waals surface area (Å²) in [6, 6.07) is 0. The summed E-state index contributed by atoms with van der Waals surface area (Å²) in [5.41, 5.74) is 0. The maximum Gasteiger partial charge on any atom is 0.0570 e. The smallest absolute Gasteiger partial charge is 0.0570 e. The molecule has 0 N–H and O–H groups in total. The van der Waals surface area contributed by atoms with E-state index in [1.54, 1.807) is 0 Å². The van der Waals surface area contributed by atoms with Gasteiger partial charge in [-0.2, -0.15) is 0 Å². The van der Waals surface area contributed by atoms with Crippen LogP contribution in [0.25, 0.3) is 0 Å². The monoisotopic (exact) mass is 170 g/mol. The lowest BCUT2D eigenvalue weighted by molar-refractivity contribution is 0.0149. The Labute approximate surface area is 76.5 Å². The summed E-state index contributed by atoms with van der Waals surface area (Å²) in [4.78, 5) is 0. The van der Waals surface area contributed by atoms with Crippen molar-refractivity contribution < 1.29 is 4.74 Å². The number of rotatable bonds is 4. The Balaban J connectivity index is 2.07. The molecule has 1 saturated carbocycles. The lowest BCUT2D eigenvalue weighted by atomic mass is 10.1. The zero-order valence-electron chi connectivity index (χ0n) is 8.68. The van der Waals surface area contributed by atoms with Crippen molar-refractivity contribution in [3.63, 3.8) is 0 Å². The van der Waals surface area contributed by atoms with Gasteiger partial charge in [-0.1, -0.05) is 26.7 Å². The molecule has 0 aromatic heterocycles. The van der Waals surface area contributed by atoms with Crippen LogP contribution in [0.4, 0.5) is 0 Å². The third-order valence-electron chi connectivity index (χ3n) is 3.01. The van der Waals surface area contributed by atoms with E-state index < -0.39 is 0 Å². The fraction of sp³-hybridized carbons (Fsp3) is 1.00. The molecule has 0 heterocycles. The minimum absolute atomic E-state index is 0.436. The molecule has 1 nitrogen and oxygen atoms in total. The molecule has 0 aromatic carbocycles. The first kappa shape index (κ1) is 10.0. The Morgan fingerprint density at radius 3 is 2.25 bits per heavy atom. The van der Waals surface area contributed by atoms with Crippen LogP contribution in [0.3, 0.4) is 0 Å². The summed E-state index contributed by atoms with van der Waals surface area (Å²) in [6.07, 6.45) is 6.06. The highest BCUT2D eigenvalue weighted by molar-refractivity contribution is 4.67. The van der Waals surface area contributed by atoms with Crippen molar-refractivity contribution in [1.29, 1.82) is 0 Å². The van der Waals surface area contributed by atoms with E-state index in [1.165, 1.54) is 25.7 Å². The van der Waals surface area contributed by atoms with Gasteiger partial charge in [-0.3, -0.25) is 0 Å². The van der Waals surface area contributed by atoms with Crippen molar-refractivity contribution in [3.8, 4) is 0 Å². The maximum atomic E-state index is 5.79. The van der Waals surface area contributed by atoms with Crippen LogP contribution in [0.15, 0.2) is 0 Å². The van der Waals surface area contributed by atoms with Gasteiger partial charge < -0.3 is 4.74 Å². The first-order chi connectivity index (χ1) is 5.70. The third-order valence-corrected chi connectivity index (χ3v) is 3.01. The molecule has 1 fully saturated rings. The van der Waals surface area contributed by atoms with Gasteiger partial charge in [0, 0.05) is 6.61 Å². The summed E-state index contributed by atoms with van der Waals surface area (Å²) < 4.78 is 5.79. The number of ether oxygens (including phenoxy) is 1. The highest BCUT2D eigenvalue weighted by atomic mass is 16.5. The van der Waals surface area contributed by atoms with Gasteiger partial charge in [-0.15, -0.1) is 0 Å². The predicted octanol–water partition coefficient (Wildman–Crippen LogP) is 3.24. The average molecular weight is 170 g/mol. The van der Waals surface area contributed by atoms with E-state index in [0.29, 0.717) is 12.0 Å². The van der Waals surface area contributed by atoms with Crippen LogP contribution in [0.1, 0.15) is 46.5 Å². The molecule has 0 amide bonds. The third kappa shape index (κ3) is 3.14. The number of hydrogen-bond donors (Lipinski definition) is 0. The summed E-state index contributed by atoms with van der Waals surface area (Å²) >= 11 is 0. The SMILES string of the molecule is CC(C)[C@@H](C)OCC1CCCC1. The van der Waals surface area contributed by atoms with Crippen LogP contribution >= 0.6 is 0 Å². The molecule has 1 aliphatic rings. The highest BCUT2D eigenvalue weighted by Crippen LogP contribution is 2.25. The molecule has 0 aliphatic heterocycles. The highest BCUT2D eigenvalue weighted by Gasteiger charge is 2.16. The minimum Gasteiger partial charge on any atom is -0.378 e. The second-order valence-electron chi connectivity index (χ2n) is 4.43. The molecule has 72 valence electrons. The summed E-state index contributed by atoms with van der Waals surface area (Å²) in [7, 11) is 0. The second kappa shape index (κ2) is 4.86.